The van der Waals surface area contributed by atoms with Crippen LogP contribution in [0, 0.1) is 0 Å². The second-order valence-electron chi connectivity index (χ2n) is 6.83. The Bertz CT molecular complexity index is 729. The van der Waals surface area contributed by atoms with Gasteiger partial charge in [-0.2, -0.15) is 0 Å². The topological polar surface area (TPSA) is 86.7 Å². The molecule has 1 unspecified atom stereocenters. The van der Waals surface area contributed by atoms with Crippen molar-refractivity contribution in [1.29, 1.82) is 0 Å². The minimum atomic E-state index is -2.96. The van der Waals surface area contributed by atoms with E-state index >= 15 is 0 Å². The molecule has 0 saturated carbocycles. The first-order valence-corrected chi connectivity index (χ1v) is 11.1. The summed E-state index contributed by atoms with van der Waals surface area (Å²) in [5.74, 6) is 0.917. The first-order valence-electron chi connectivity index (χ1n) is 9.24. The predicted octanol–water partition coefficient (Wildman–Crippen LogP) is 0.268. The maximum atomic E-state index is 12.6. The molecule has 1 atom stereocenters. The zero-order valence-corrected chi connectivity index (χ0v) is 16.3. The quantitative estimate of drug-likeness (QED) is 0.723. The van der Waals surface area contributed by atoms with Crippen molar-refractivity contribution in [2.75, 3.05) is 55.7 Å². The van der Waals surface area contributed by atoms with Crippen LogP contribution in [0.25, 0.3) is 0 Å². The fraction of sp³-hybridized carbons (Fsp3) is 0.706. The number of anilines is 1. The Labute approximate surface area is 155 Å². The van der Waals surface area contributed by atoms with E-state index in [0.717, 1.165) is 19.6 Å². The van der Waals surface area contributed by atoms with Gasteiger partial charge in [-0.3, -0.25) is 4.79 Å². The lowest BCUT2D eigenvalue weighted by Crippen LogP contribution is -2.48. The molecular weight excluding hydrogens is 354 g/mol. The maximum Gasteiger partial charge on any atom is 0.274 e. The van der Waals surface area contributed by atoms with E-state index in [1.54, 1.807) is 6.20 Å². The van der Waals surface area contributed by atoms with Gasteiger partial charge in [0.25, 0.3) is 5.91 Å². The highest BCUT2D eigenvalue weighted by molar-refractivity contribution is 7.91. The van der Waals surface area contributed by atoms with Crippen LogP contribution < -0.4 is 4.90 Å². The lowest BCUT2D eigenvalue weighted by molar-refractivity contribution is 0.0637. The van der Waals surface area contributed by atoms with Crippen molar-refractivity contribution in [2.45, 2.75) is 26.3 Å². The Hall–Kier alpha value is -1.74. The van der Waals surface area contributed by atoms with E-state index in [1.165, 1.54) is 6.20 Å². The Morgan fingerprint density at radius 1 is 1.19 bits per heavy atom. The Balaban J connectivity index is 1.67. The van der Waals surface area contributed by atoms with Gasteiger partial charge in [0.2, 0.25) is 0 Å². The van der Waals surface area contributed by atoms with Crippen LogP contribution in [0.15, 0.2) is 12.4 Å². The Morgan fingerprint density at radius 3 is 2.42 bits per heavy atom. The Morgan fingerprint density at radius 2 is 1.92 bits per heavy atom. The minimum Gasteiger partial charge on any atom is -0.352 e. The molecule has 3 heterocycles. The van der Waals surface area contributed by atoms with E-state index in [1.807, 2.05) is 16.7 Å². The van der Waals surface area contributed by atoms with Crippen molar-refractivity contribution in [1.82, 2.24) is 19.8 Å². The van der Waals surface area contributed by atoms with E-state index < -0.39 is 9.84 Å². The zero-order valence-electron chi connectivity index (χ0n) is 15.5. The molecule has 1 aromatic heterocycles. The number of rotatable bonds is 5. The number of hydrogen-bond acceptors (Lipinski definition) is 7. The van der Waals surface area contributed by atoms with Crippen LogP contribution in [0.1, 0.15) is 30.8 Å². The fourth-order valence-electron chi connectivity index (χ4n) is 3.64. The first-order chi connectivity index (χ1) is 12.4. The van der Waals surface area contributed by atoms with Crippen molar-refractivity contribution in [3.8, 4) is 0 Å². The molecule has 0 N–H and O–H groups in total. The molecule has 2 fully saturated rings. The van der Waals surface area contributed by atoms with Crippen molar-refractivity contribution in [2.24, 2.45) is 0 Å². The second kappa shape index (κ2) is 7.87. The summed E-state index contributed by atoms with van der Waals surface area (Å²) < 4.78 is 23.5. The molecule has 0 radical (unpaired) electrons. The number of amides is 1. The lowest BCUT2D eigenvalue weighted by Gasteiger charge is -2.33. The minimum absolute atomic E-state index is 0.0667. The largest absolute Gasteiger partial charge is 0.352 e. The molecule has 144 valence electrons. The number of piperazine rings is 1. The second-order valence-corrected chi connectivity index (χ2v) is 9.06. The van der Waals surface area contributed by atoms with Crippen LogP contribution in [-0.4, -0.2) is 90.9 Å². The monoisotopic (exact) mass is 381 g/mol. The molecule has 2 aliphatic heterocycles. The van der Waals surface area contributed by atoms with Gasteiger partial charge in [0, 0.05) is 38.8 Å². The summed E-state index contributed by atoms with van der Waals surface area (Å²) in [4.78, 5) is 27.4. The summed E-state index contributed by atoms with van der Waals surface area (Å²) in [5.41, 5.74) is 0.341. The fourth-order valence-corrected chi connectivity index (χ4v) is 5.37. The predicted molar refractivity (Wildman–Crippen MR) is 100 cm³/mol. The molecule has 26 heavy (non-hydrogen) atoms. The van der Waals surface area contributed by atoms with Crippen molar-refractivity contribution in [3.05, 3.63) is 18.1 Å². The first kappa shape index (κ1) is 19.0. The average Bonchev–Trinajstić information content (AvgIpc) is 3.02. The third-order valence-electron chi connectivity index (χ3n) is 5.25. The highest BCUT2D eigenvalue weighted by Crippen LogP contribution is 2.22. The van der Waals surface area contributed by atoms with Crippen molar-refractivity contribution < 1.29 is 13.2 Å². The van der Waals surface area contributed by atoms with E-state index in [2.05, 4.69) is 21.8 Å². The smallest absolute Gasteiger partial charge is 0.274 e. The average molecular weight is 382 g/mol. The van der Waals surface area contributed by atoms with Crippen molar-refractivity contribution in [3.63, 3.8) is 0 Å². The molecule has 9 heteroatoms. The molecule has 2 saturated heterocycles. The third-order valence-corrected chi connectivity index (χ3v) is 7.00. The SMILES string of the molecule is CCN1CCN(C(=O)c2cnc(N(CC)C3CCS(=O)(=O)C3)cn2)CC1. The maximum absolute atomic E-state index is 12.6. The number of aromatic nitrogens is 2. The zero-order chi connectivity index (χ0) is 18.7. The van der Waals surface area contributed by atoms with Crippen LogP contribution in [0.3, 0.4) is 0 Å². The molecule has 3 rings (SSSR count). The van der Waals surface area contributed by atoms with E-state index in [-0.39, 0.29) is 23.5 Å². The Kier molecular flexibility index (Phi) is 5.76. The normalized spacial score (nSPS) is 23.2. The van der Waals surface area contributed by atoms with Crippen molar-refractivity contribution >= 4 is 21.6 Å². The standard InChI is InChI=1S/C17H27N5O3S/c1-3-20-6-8-21(9-7-20)17(23)15-11-19-16(12-18-15)22(4-2)14-5-10-26(24,25)13-14/h11-12,14H,3-10,13H2,1-2H3. The van der Waals surface area contributed by atoms with Crippen LogP contribution in [0.5, 0.6) is 0 Å². The van der Waals surface area contributed by atoms with Crippen LogP contribution >= 0.6 is 0 Å². The molecule has 1 amide bonds. The van der Waals surface area contributed by atoms with Gasteiger partial charge in [0.1, 0.15) is 11.5 Å². The molecular formula is C17H27N5O3S. The van der Waals surface area contributed by atoms with Gasteiger partial charge < -0.3 is 14.7 Å². The van der Waals surface area contributed by atoms with Gasteiger partial charge in [-0.15, -0.1) is 0 Å². The van der Waals surface area contributed by atoms with Gasteiger partial charge in [-0.05, 0) is 19.9 Å². The van der Waals surface area contributed by atoms with E-state index in [0.29, 0.717) is 37.6 Å². The summed E-state index contributed by atoms with van der Waals surface area (Å²) in [6.45, 7) is 8.92. The molecule has 1 aromatic rings. The molecule has 8 nitrogen and oxygen atoms in total. The summed E-state index contributed by atoms with van der Waals surface area (Å²) in [5, 5.41) is 0. The number of carbonyl (C=O) groups is 1. The molecule has 0 spiro atoms. The summed E-state index contributed by atoms with van der Waals surface area (Å²) in [6, 6.07) is -0.0667. The van der Waals surface area contributed by atoms with E-state index in [4.69, 9.17) is 0 Å². The van der Waals surface area contributed by atoms with Crippen LogP contribution in [0.2, 0.25) is 0 Å². The van der Waals surface area contributed by atoms with Gasteiger partial charge in [-0.1, -0.05) is 6.92 Å². The number of nitrogens with zero attached hydrogens (tertiary/aromatic N) is 5. The molecule has 0 aromatic carbocycles. The molecule has 0 aliphatic carbocycles. The number of hydrogen-bond donors (Lipinski definition) is 0. The van der Waals surface area contributed by atoms with Gasteiger partial charge in [-0.25, -0.2) is 18.4 Å². The highest BCUT2D eigenvalue weighted by atomic mass is 32.2. The van der Waals surface area contributed by atoms with Gasteiger partial charge >= 0.3 is 0 Å². The summed E-state index contributed by atoms with van der Waals surface area (Å²) >= 11 is 0. The number of sulfone groups is 1. The van der Waals surface area contributed by atoms with E-state index in [9.17, 15) is 13.2 Å². The molecule has 2 aliphatic rings. The van der Waals surface area contributed by atoms with Crippen LogP contribution in [0.4, 0.5) is 5.82 Å². The number of likely N-dealkylation sites (N-methyl/N-ethyl adjacent to an activating group) is 1. The molecule has 0 bridgehead atoms. The number of carbonyl (C=O) groups excluding carboxylic acids is 1. The highest BCUT2D eigenvalue weighted by Gasteiger charge is 2.32. The lowest BCUT2D eigenvalue weighted by atomic mass is 10.2. The summed E-state index contributed by atoms with van der Waals surface area (Å²) in [6.07, 6.45) is 3.71. The van der Waals surface area contributed by atoms with Gasteiger partial charge in [0.05, 0.1) is 23.9 Å². The third kappa shape index (κ3) is 4.15. The van der Waals surface area contributed by atoms with Crippen LogP contribution in [-0.2, 0) is 9.84 Å². The van der Waals surface area contributed by atoms with Gasteiger partial charge in [0.15, 0.2) is 9.84 Å². The summed E-state index contributed by atoms with van der Waals surface area (Å²) in [7, 11) is -2.96.